The highest BCUT2D eigenvalue weighted by Crippen LogP contribution is 2.39. The van der Waals surface area contributed by atoms with Gasteiger partial charge in [0.15, 0.2) is 6.04 Å². The average Bonchev–Trinajstić information content (AvgIpc) is 3.58. The molecule has 37 heavy (non-hydrogen) atoms. The van der Waals surface area contributed by atoms with Gasteiger partial charge < -0.3 is 19.5 Å². The van der Waals surface area contributed by atoms with Crippen LogP contribution in [0.15, 0.2) is 83.5 Å². The summed E-state index contributed by atoms with van der Waals surface area (Å²) in [5.74, 6) is 0.174. The predicted molar refractivity (Wildman–Crippen MR) is 143 cm³/mol. The van der Waals surface area contributed by atoms with Crippen molar-refractivity contribution in [3.8, 4) is 0 Å². The number of piperidine rings is 1. The fourth-order valence-electron chi connectivity index (χ4n) is 6.28. The molecule has 1 aromatic heterocycles. The molecule has 0 spiro atoms. The number of aryl methyl sites for hydroxylation is 1. The molecule has 5 rings (SSSR count). The summed E-state index contributed by atoms with van der Waals surface area (Å²) in [6.45, 7) is 4.04. The van der Waals surface area contributed by atoms with Gasteiger partial charge >= 0.3 is 5.97 Å². The predicted octanol–water partition coefficient (Wildman–Crippen LogP) is 4.97. The first kappa shape index (κ1) is 25.7. The van der Waals surface area contributed by atoms with Crippen molar-refractivity contribution < 1.29 is 19.4 Å². The molecule has 3 atom stereocenters. The molecule has 2 aromatic carbocycles. The minimum absolute atomic E-state index is 0.254. The van der Waals surface area contributed by atoms with Crippen LogP contribution in [0.5, 0.6) is 0 Å². The molecule has 0 bridgehead atoms. The van der Waals surface area contributed by atoms with Crippen molar-refractivity contribution in [2.45, 2.75) is 49.7 Å². The van der Waals surface area contributed by atoms with Crippen LogP contribution in [0.25, 0.3) is 0 Å². The quantitative estimate of drug-likeness (QED) is 0.408. The molecule has 196 valence electrons. The van der Waals surface area contributed by atoms with Gasteiger partial charge in [0.2, 0.25) is 0 Å². The van der Waals surface area contributed by atoms with Crippen LogP contribution in [0.4, 0.5) is 0 Å². The van der Waals surface area contributed by atoms with Crippen molar-refractivity contribution in [3.05, 3.63) is 95.9 Å². The van der Waals surface area contributed by atoms with E-state index in [4.69, 9.17) is 4.42 Å². The van der Waals surface area contributed by atoms with E-state index >= 15 is 0 Å². The second-order valence-corrected chi connectivity index (χ2v) is 10.9. The molecule has 6 heteroatoms. The zero-order valence-corrected chi connectivity index (χ0v) is 21.4. The third-order valence-electron chi connectivity index (χ3n) is 8.34. The number of carboxylic acids is 1. The van der Waals surface area contributed by atoms with Crippen LogP contribution in [0.1, 0.15) is 54.5 Å². The van der Waals surface area contributed by atoms with Gasteiger partial charge in [-0.3, -0.25) is 9.69 Å². The average molecular weight is 503 g/mol. The molecule has 6 nitrogen and oxygen atoms in total. The lowest BCUT2D eigenvalue weighted by molar-refractivity contribution is -0.144. The first-order valence-corrected chi connectivity index (χ1v) is 13.5. The van der Waals surface area contributed by atoms with Gasteiger partial charge in [-0.1, -0.05) is 60.7 Å². The Morgan fingerprint density at radius 2 is 1.68 bits per heavy atom. The monoisotopic (exact) mass is 502 g/mol. The molecule has 2 saturated heterocycles. The molecule has 0 amide bonds. The molecular weight excluding hydrogens is 464 g/mol. The van der Waals surface area contributed by atoms with E-state index in [0.717, 1.165) is 51.7 Å². The number of rotatable bonds is 10. The van der Waals surface area contributed by atoms with E-state index in [1.165, 1.54) is 11.1 Å². The highest BCUT2D eigenvalue weighted by molar-refractivity contribution is 5.74. The maximum atomic E-state index is 12.2. The van der Waals surface area contributed by atoms with Gasteiger partial charge in [-0.15, -0.1) is 0 Å². The van der Waals surface area contributed by atoms with Gasteiger partial charge in [-0.25, -0.2) is 0 Å². The van der Waals surface area contributed by atoms with Gasteiger partial charge in [-0.05, 0) is 61.3 Å². The van der Waals surface area contributed by atoms with E-state index in [-0.39, 0.29) is 5.92 Å². The van der Waals surface area contributed by atoms with E-state index < -0.39 is 17.6 Å². The first-order valence-electron chi connectivity index (χ1n) is 13.5. The van der Waals surface area contributed by atoms with Crippen molar-refractivity contribution in [2.75, 3.05) is 32.7 Å². The number of likely N-dealkylation sites (tertiary alicyclic amines) is 2. The summed E-state index contributed by atoms with van der Waals surface area (Å²) in [6, 6.07) is 23.7. The number of hydrogen-bond acceptors (Lipinski definition) is 5. The summed E-state index contributed by atoms with van der Waals surface area (Å²) in [7, 11) is 0. The van der Waals surface area contributed by atoms with E-state index in [9.17, 15) is 15.0 Å². The highest BCUT2D eigenvalue weighted by atomic mass is 16.4. The minimum Gasteiger partial charge on any atom is -0.480 e. The Morgan fingerprint density at radius 3 is 2.32 bits per heavy atom. The van der Waals surface area contributed by atoms with Gasteiger partial charge in [0, 0.05) is 38.6 Å². The molecule has 2 aliphatic rings. The molecular formula is C31H38N2O4. The summed E-state index contributed by atoms with van der Waals surface area (Å²) in [4.78, 5) is 16.8. The molecule has 2 N–H and O–H groups in total. The van der Waals surface area contributed by atoms with Crippen LogP contribution >= 0.6 is 0 Å². The summed E-state index contributed by atoms with van der Waals surface area (Å²) in [5.41, 5.74) is 2.00. The lowest BCUT2D eigenvalue weighted by atomic mass is 9.84. The summed E-state index contributed by atoms with van der Waals surface area (Å²) in [6.07, 6.45) is 5.96. The van der Waals surface area contributed by atoms with Crippen molar-refractivity contribution in [2.24, 2.45) is 5.92 Å². The Labute approximate surface area is 219 Å². The van der Waals surface area contributed by atoms with Gasteiger partial charge in [0.05, 0.1) is 11.9 Å². The minimum atomic E-state index is -0.874. The number of carbonyl (C=O) groups is 1. The third-order valence-corrected chi connectivity index (χ3v) is 8.34. The SMILES string of the molecule is O=C(O)C(c1ccco1)N1C[C@H](CN2CCC(O)(CCCc3ccccc3)CC2)[C@@H](c2ccccc2)C1. The number of benzene rings is 2. The smallest absolute Gasteiger partial charge is 0.328 e. The maximum Gasteiger partial charge on any atom is 0.328 e. The highest BCUT2D eigenvalue weighted by Gasteiger charge is 2.42. The number of nitrogens with zero attached hydrogens (tertiary/aromatic N) is 2. The van der Waals surface area contributed by atoms with E-state index in [0.29, 0.717) is 24.8 Å². The Morgan fingerprint density at radius 1 is 0.973 bits per heavy atom. The second kappa shape index (κ2) is 11.6. The van der Waals surface area contributed by atoms with Crippen LogP contribution in [0.3, 0.4) is 0 Å². The Hall–Kier alpha value is -2.93. The number of hydrogen-bond donors (Lipinski definition) is 2. The summed E-state index contributed by atoms with van der Waals surface area (Å²) >= 11 is 0. The van der Waals surface area contributed by atoms with E-state index in [1.807, 2.05) is 12.1 Å². The van der Waals surface area contributed by atoms with E-state index in [2.05, 4.69) is 58.3 Å². The third kappa shape index (κ3) is 6.32. The van der Waals surface area contributed by atoms with Gasteiger partial charge in [-0.2, -0.15) is 0 Å². The Balaban J connectivity index is 1.21. The molecule has 0 aliphatic carbocycles. The summed E-state index contributed by atoms with van der Waals surface area (Å²) in [5, 5.41) is 21.3. The normalized spacial score (nSPS) is 23.2. The standard InChI is InChI=1S/C31H38N2O4/c34-30(35)29(28-14-8-20-37-28)33-22-26(27(23-33)25-12-5-2-6-13-25)21-32-18-16-31(36,17-19-32)15-7-11-24-9-3-1-4-10-24/h1-6,8-10,12-14,20,26-27,29,36H,7,11,15-19,21-23H2,(H,34,35)/t26-,27+,29?/m0/s1. The topological polar surface area (TPSA) is 77.2 Å². The zero-order valence-electron chi connectivity index (χ0n) is 21.4. The molecule has 3 aromatic rings. The Kier molecular flexibility index (Phi) is 8.08. The maximum absolute atomic E-state index is 12.2. The fourth-order valence-corrected chi connectivity index (χ4v) is 6.28. The van der Waals surface area contributed by atoms with E-state index in [1.54, 1.807) is 18.4 Å². The zero-order chi connectivity index (χ0) is 25.7. The lowest BCUT2D eigenvalue weighted by Gasteiger charge is -2.40. The molecule has 2 fully saturated rings. The van der Waals surface area contributed by atoms with Crippen LogP contribution in [0.2, 0.25) is 0 Å². The van der Waals surface area contributed by atoms with Crippen molar-refractivity contribution in [1.29, 1.82) is 0 Å². The number of carboxylic acid groups (broad SMARTS) is 1. The summed E-state index contributed by atoms with van der Waals surface area (Å²) < 4.78 is 5.52. The first-order chi connectivity index (χ1) is 18.0. The molecule has 0 saturated carbocycles. The van der Waals surface area contributed by atoms with Gasteiger partial charge in [0.25, 0.3) is 0 Å². The second-order valence-electron chi connectivity index (χ2n) is 10.9. The lowest BCUT2D eigenvalue weighted by Crippen LogP contribution is -2.46. The molecule has 1 unspecified atom stereocenters. The number of aliphatic hydroxyl groups is 1. The van der Waals surface area contributed by atoms with Crippen LogP contribution in [-0.2, 0) is 11.2 Å². The number of aliphatic carboxylic acids is 1. The Bertz CT molecular complexity index is 1110. The van der Waals surface area contributed by atoms with Gasteiger partial charge in [0.1, 0.15) is 5.76 Å². The van der Waals surface area contributed by atoms with Crippen LogP contribution in [0, 0.1) is 5.92 Å². The van der Waals surface area contributed by atoms with Crippen LogP contribution in [-0.4, -0.2) is 64.3 Å². The van der Waals surface area contributed by atoms with Crippen molar-refractivity contribution in [1.82, 2.24) is 9.80 Å². The van der Waals surface area contributed by atoms with Crippen LogP contribution < -0.4 is 0 Å². The van der Waals surface area contributed by atoms with Crippen molar-refractivity contribution in [3.63, 3.8) is 0 Å². The largest absolute Gasteiger partial charge is 0.480 e. The molecule has 0 radical (unpaired) electrons. The fraction of sp³-hybridized carbons (Fsp3) is 0.452. The molecule has 3 heterocycles. The van der Waals surface area contributed by atoms with Crippen molar-refractivity contribution >= 4 is 5.97 Å². The molecule has 2 aliphatic heterocycles. The number of furan rings is 1.